The lowest BCUT2D eigenvalue weighted by Crippen LogP contribution is -2.31. The predicted octanol–water partition coefficient (Wildman–Crippen LogP) is 1.79. The first-order chi connectivity index (χ1) is 9.99. The maximum Gasteiger partial charge on any atom is 0.256 e. The number of rotatable bonds is 4. The minimum absolute atomic E-state index is 0.0469. The first-order valence-electron chi connectivity index (χ1n) is 6.54. The maximum absolute atomic E-state index is 13.8. The average molecular weight is 288 g/mol. The molecule has 0 saturated heterocycles. The van der Waals surface area contributed by atoms with E-state index in [2.05, 4.69) is 11.8 Å². The van der Waals surface area contributed by atoms with Crippen LogP contribution < -0.4 is 0 Å². The number of aliphatic hydroxyl groups is 1. The third kappa shape index (κ3) is 4.91. The van der Waals surface area contributed by atoms with E-state index in [0.717, 1.165) is 0 Å². The lowest BCUT2D eigenvalue weighted by atomic mass is 10.1. The highest BCUT2D eigenvalue weighted by molar-refractivity contribution is 5.94. The predicted molar refractivity (Wildman–Crippen MR) is 76.7 cm³/mol. The number of amides is 1. The van der Waals surface area contributed by atoms with Crippen LogP contribution in [0, 0.1) is 34.9 Å². The number of carbonyl (C=O) groups is 1. The monoisotopic (exact) mass is 288 g/mol. The molecule has 0 heterocycles. The Morgan fingerprint density at radius 2 is 2.24 bits per heavy atom. The molecule has 1 amide bonds. The van der Waals surface area contributed by atoms with Crippen LogP contribution in [0.25, 0.3) is 0 Å². The van der Waals surface area contributed by atoms with Crippen LogP contribution in [0.4, 0.5) is 4.39 Å². The lowest BCUT2D eigenvalue weighted by molar-refractivity contribution is 0.0780. The number of carbonyl (C=O) groups excluding carboxylic acids is 1. The van der Waals surface area contributed by atoms with Crippen LogP contribution in [0.2, 0.25) is 0 Å². The highest BCUT2D eigenvalue weighted by Crippen LogP contribution is 2.13. The van der Waals surface area contributed by atoms with Gasteiger partial charge in [0, 0.05) is 25.6 Å². The van der Waals surface area contributed by atoms with E-state index in [9.17, 15) is 9.18 Å². The molecule has 110 valence electrons. The second-order valence-corrected chi connectivity index (χ2v) is 4.69. The van der Waals surface area contributed by atoms with Gasteiger partial charge in [0.05, 0.1) is 24.2 Å². The zero-order valence-electron chi connectivity index (χ0n) is 12.1. The van der Waals surface area contributed by atoms with E-state index in [1.807, 2.05) is 6.07 Å². The third-order valence-electron chi connectivity index (χ3n) is 2.78. The molecular formula is C16H17FN2O2. The minimum Gasteiger partial charge on any atom is -0.395 e. The molecule has 0 fully saturated rings. The molecule has 0 aliphatic rings. The van der Waals surface area contributed by atoms with E-state index in [-0.39, 0.29) is 24.6 Å². The van der Waals surface area contributed by atoms with Crippen molar-refractivity contribution in [2.24, 2.45) is 5.92 Å². The van der Waals surface area contributed by atoms with Crippen molar-refractivity contribution in [3.8, 4) is 17.9 Å². The van der Waals surface area contributed by atoms with Crippen LogP contribution in [-0.2, 0) is 0 Å². The fraction of sp³-hybridized carbons (Fsp3) is 0.375. The summed E-state index contributed by atoms with van der Waals surface area (Å²) in [4.78, 5) is 13.5. The normalized spacial score (nSPS) is 11.0. The van der Waals surface area contributed by atoms with Gasteiger partial charge in [-0.2, -0.15) is 5.26 Å². The molecule has 1 aromatic rings. The Morgan fingerprint density at radius 3 is 2.86 bits per heavy atom. The molecular weight excluding hydrogens is 271 g/mol. The average Bonchev–Trinajstić information content (AvgIpc) is 2.48. The van der Waals surface area contributed by atoms with Crippen molar-refractivity contribution in [2.75, 3.05) is 20.2 Å². The molecule has 0 aliphatic heterocycles. The van der Waals surface area contributed by atoms with E-state index in [4.69, 9.17) is 10.4 Å². The Labute approximate surface area is 123 Å². The molecule has 5 heteroatoms. The first-order valence-corrected chi connectivity index (χ1v) is 6.54. The van der Waals surface area contributed by atoms with Crippen LogP contribution in [0.15, 0.2) is 18.2 Å². The van der Waals surface area contributed by atoms with Gasteiger partial charge in [0.2, 0.25) is 0 Å². The second kappa shape index (κ2) is 8.04. The topological polar surface area (TPSA) is 64.3 Å². The number of halogens is 1. The van der Waals surface area contributed by atoms with Gasteiger partial charge in [-0.15, -0.1) is 0 Å². The van der Waals surface area contributed by atoms with E-state index < -0.39 is 11.7 Å². The fourth-order valence-corrected chi connectivity index (χ4v) is 1.73. The molecule has 0 aromatic heterocycles. The Bertz CT molecular complexity index is 611. The molecule has 0 radical (unpaired) electrons. The number of aliphatic hydroxyl groups excluding tert-OH is 1. The fourth-order valence-electron chi connectivity index (χ4n) is 1.73. The van der Waals surface area contributed by atoms with E-state index in [1.165, 1.54) is 30.1 Å². The van der Waals surface area contributed by atoms with Crippen LogP contribution in [0.3, 0.4) is 0 Å². The zero-order chi connectivity index (χ0) is 15.8. The van der Waals surface area contributed by atoms with Gasteiger partial charge in [0.25, 0.3) is 5.91 Å². The van der Waals surface area contributed by atoms with Crippen molar-refractivity contribution in [3.63, 3.8) is 0 Å². The van der Waals surface area contributed by atoms with Gasteiger partial charge in [0.15, 0.2) is 0 Å². The van der Waals surface area contributed by atoms with Crippen LogP contribution in [0.1, 0.15) is 29.3 Å². The van der Waals surface area contributed by atoms with Gasteiger partial charge < -0.3 is 10.0 Å². The standard InChI is InChI=1S/C16H17FN2O2/c1-12(10-18)11-19(2)16(21)14-9-13(5-3-4-8-20)6-7-15(14)17/h6-7,9,12,20H,4,8,11H2,1-2H3. The molecule has 0 saturated carbocycles. The van der Waals surface area contributed by atoms with Crippen LogP contribution >= 0.6 is 0 Å². The summed E-state index contributed by atoms with van der Waals surface area (Å²) in [5, 5.41) is 17.4. The van der Waals surface area contributed by atoms with E-state index in [0.29, 0.717) is 12.0 Å². The number of nitriles is 1. The van der Waals surface area contributed by atoms with Gasteiger partial charge >= 0.3 is 0 Å². The van der Waals surface area contributed by atoms with Gasteiger partial charge in [0.1, 0.15) is 5.82 Å². The molecule has 1 unspecified atom stereocenters. The summed E-state index contributed by atoms with van der Waals surface area (Å²) in [5.74, 6) is 4.04. The molecule has 1 rings (SSSR count). The summed E-state index contributed by atoms with van der Waals surface area (Å²) in [6, 6.07) is 6.09. The van der Waals surface area contributed by atoms with Gasteiger partial charge in [-0.25, -0.2) is 4.39 Å². The summed E-state index contributed by atoms with van der Waals surface area (Å²) < 4.78 is 13.8. The van der Waals surface area contributed by atoms with Crippen molar-refractivity contribution < 1.29 is 14.3 Å². The highest BCUT2D eigenvalue weighted by atomic mass is 19.1. The quantitative estimate of drug-likeness (QED) is 0.859. The van der Waals surface area contributed by atoms with Gasteiger partial charge in [-0.05, 0) is 25.1 Å². The van der Waals surface area contributed by atoms with Gasteiger partial charge in [-0.1, -0.05) is 11.8 Å². The summed E-state index contributed by atoms with van der Waals surface area (Å²) in [6.07, 6.45) is 0.320. The Hall–Kier alpha value is -2.37. The van der Waals surface area contributed by atoms with Crippen molar-refractivity contribution in [1.82, 2.24) is 4.90 Å². The Morgan fingerprint density at radius 1 is 1.52 bits per heavy atom. The molecule has 1 atom stereocenters. The first kappa shape index (κ1) is 16.7. The van der Waals surface area contributed by atoms with Crippen molar-refractivity contribution >= 4 is 5.91 Å². The summed E-state index contributed by atoms with van der Waals surface area (Å²) in [5.41, 5.74) is 0.438. The second-order valence-electron chi connectivity index (χ2n) is 4.69. The number of nitrogens with zero attached hydrogens (tertiary/aromatic N) is 2. The number of hydrogen-bond acceptors (Lipinski definition) is 3. The molecule has 1 N–H and O–H groups in total. The third-order valence-corrected chi connectivity index (χ3v) is 2.78. The molecule has 21 heavy (non-hydrogen) atoms. The largest absolute Gasteiger partial charge is 0.395 e. The molecule has 0 aliphatic carbocycles. The highest BCUT2D eigenvalue weighted by Gasteiger charge is 2.18. The lowest BCUT2D eigenvalue weighted by Gasteiger charge is -2.18. The van der Waals surface area contributed by atoms with Crippen molar-refractivity contribution in [1.29, 1.82) is 5.26 Å². The van der Waals surface area contributed by atoms with Gasteiger partial charge in [-0.3, -0.25) is 4.79 Å². The molecule has 0 bridgehead atoms. The maximum atomic E-state index is 13.8. The van der Waals surface area contributed by atoms with Crippen LogP contribution in [0.5, 0.6) is 0 Å². The molecule has 4 nitrogen and oxygen atoms in total. The van der Waals surface area contributed by atoms with Crippen LogP contribution in [-0.4, -0.2) is 36.1 Å². The summed E-state index contributed by atoms with van der Waals surface area (Å²) in [6.45, 7) is 1.88. The zero-order valence-corrected chi connectivity index (χ0v) is 12.1. The van der Waals surface area contributed by atoms with Crippen molar-refractivity contribution in [2.45, 2.75) is 13.3 Å². The SMILES string of the molecule is CC(C#N)CN(C)C(=O)c1cc(C#CCCO)ccc1F. The summed E-state index contributed by atoms with van der Waals surface area (Å²) in [7, 11) is 1.53. The molecule has 1 aromatic carbocycles. The van der Waals surface area contributed by atoms with E-state index in [1.54, 1.807) is 6.92 Å². The minimum atomic E-state index is -0.621. The molecule has 0 spiro atoms. The smallest absolute Gasteiger partial charge is 0.256 e. The Balaban J connectivity index is 2.96. The van der Waals surface area contributed by atoms with Crippen molar-refractivity contribution in [3.05, 3.63) is 35.1 Å². The number of hydrogen-bond donors (Lipinski definition) is 1. The number of benzene rings is 1. The Kier molecular flexibility index (Phi) is 6.39. The van der Waals surface area contributed by atoms with E-state index >= 15 is 0 Å². The summed E-state index contributed by atoms with van der Waals surface area (Å²) >= 11 is 0.